The van der Waals surface area contributed by atoms with Crippen molar-refractivity contribution in [1.82, 2.24) is 14.8 Å². The molecule has 0 saturated carbocycles. The van der Waals surface area contributed by atoms with Crippen LogP contribution >= 0.6 is 39.0 Å². The maximum Gasteiger partial charge on any atom is 0.235 e. The molecule has 0 saturated heterocycles. The highest BCUT2D eigenvalue weighted by Crippen LogP contribution is 2.45. The average Bonchev–Trinajstić information content (AvgIpc) is 3.42. The molecule has 0 radical (unpaired) electrons. The Morgan fingerprint density at radius 3 is 2.78 bits per heavy atom. The predicted octanol–water partition coefficient (Wildman–Crippen LogP) is 6.92. The first kappa shape index (κ1) is 27.7. The number of benzene rings is 1. The summed E-state index contributed by atoms with van der Waals surface area (Å²) in [5, 5.41) is 22.7. The van der Waals surface area contributed by atoms with Crippen LogP contribution in [-0.4, -0.2) is 26.4 Å². The van der Waals surface area contributed by atoms with Gasteiger partial charge in [0, 0.05) is 16.4 Å². The molecule has 2 unspecified atom stereocenters. The second-order valence-corrected chi connectivity index (χ2v) is 13.0. The van der Waals surface area contributed by atoms with Gasteiger partial charge in [-0.05, 0) is 67.3 Å². The summed E-state index contributed by atoms with van der Waals surface area (Å²) in [7, 11) is 1.87. The van der Waals surface area contributed by atoms with Gasteiger partial charge in [-0.1, -0.05) is 54.9 Å². The highest BCUT2D eigenvalue weighted by Gasteiger charge is 2.34. The van der Waals surface area contributed by atoms with Crippen LogP contribution in [0.4, 0.5) is 5.00 Å². The second-order valence-electron chi connectivity index (χ2n) is 10.1. The number of carbonyl (C=O) groups excluding carboxylic acids is 1. The van der Waals surface area contributed by atoms with Crippen LogP contribution in [0.25, 0.3) is 0 Å². The normalized spacial score (nSPS) is 16.1. The van der Waals surface area contributed by atoms with Gasteiger partial charge < -0.3 is 14.6 Å². The number of carbonyl (C=O) groups is 1. The van der Waals surface area contributed by atoms with E-state index < -0.39 is 0 Å². The number of aromatic nitrogens is 3. The van der Waals surface area contributed by atoms with Gasteiger partial charge >= 0.3 is 0 Å². The highest BCUT2D eigenvalue weighted by atomic mass is 79.9. The molecule has 7 nitrogen and oxygen atoms in total. The maximum absolute atomic E-state index is 12.8. The van der Waals surface area contributed by atoms with Crippen LogP contribution < -0.4 is 10.1 Å². The van der Waals surface area contributed by atoms with Crippen LogP contribution in [0, 0.1) is 22.7 Å². The molecule has 0 spiro atoms. The number of rotatable bonds is 9. The van der Waals surface area contributed by atoms with E-state index in [2.05, 4.69) is 58.3 Å². The van der Waals surface area contributed by atoms with Gasteiger partial charge in [-0.2, -0.15) is 5.26 Å². The Labute approximate surface area is 235 Å². The first-order valence-corrected chi connectivity index (χ1v) is 15.0. The zero-order valence-corrected chi connectivity index (χ0v) is 25.0. The lowest BCUT2D eigenvalue weighted by Gasteiger charge is -2.36. The van der Waals surface area contributed by atoms with E-state index in [1.807, 2.05) is 42.8 Å². The molecule has 2 aromatic heterocycles. The number of nitrogens with one attached hydrogen (secondary N) is 1. The molecule has 1 N–H and O–H groups in total. The largest absolute Gasteiger partial charge is 0.483 e. The average molecular weight is 603 g/mol. The van der Waals surface area contributed by atoms with Gasteiger partial charge in [-0.15, -0.1) is 21.5 Å². The van der Waals surface area contributed by atoms with Gasteiger partial charge in [-0.25, -0.2) is 0 Å². The summed E-state index contributed by atoms with van der Waals surface area (Å²) in [6.45, 7) is 8.81. The molecule has 1 aliphatic rings. The fraction of sp³-hybridized carbons (Fsp3) is 0.481. The van der Waals surface area contributed by atoms with E-state index in [0.717, 1.165) is 41.5 Å². The minimum Gasteiger partial charge on any atom is -0.483 e. The first-order chi connectivity index (χ1) is 17.6. The maximum atomic E-state index is 12.8. The van der Waals surface area contributed by atoms with Gasteiger partial charge in [0.15, 0.2) is 17.1 Å². The van der Waals surface area contributed by atoms with Crippen LogP contribution in [-0.2, 0) is 24.7 Å². The molecule has 0 fully saturated rings. The molecular formula is C27H32BrN5O2S2. The van der Waals surface area contributed by atoms with Crippen LogP contribution in [0.2, 0.25) is 0 Å². The molecule has 1 amide bonds. The molecule has 2 heterocycles. The molecule has 37 heavy (non-hydrogen) atoms. The Hall–Kier alpha value is -2.35. The molecule has 196 valence electrons. The number of nitriles is 1. The number of fused-ring (bicyclic) bond motifs is 1. The molecule has 3 aromatic rings. The van der Waals surface area contributed by atoms with Crippen molar-refractivity contribution in [3.63, 3.8) is 0 Å². The third kappa shape index (κ3) is 6.21. The van der Waals surface area contributed by atoms with Crippen LogP contribution in [0.15, 0.2) is 33.9 Å². The number of hydrogen-bond acceptors (Lipinski definition) is 7. The Bertz CT molecular complexity index is 1310. The van der Waals surface area contributed by atoms with Crippen LogP contribution in [0.5, 0.6) is 5.75 Å². The lowest BCUT2D eigenvalue weighted by molar-refractivity contribution is -0.113. The fourth-order valence-electron chi connectivity index (χ4n) is 4.62. The Morgan fingerprint density at radius 2 is 2.11 bits per heavy atom. The molecule has 10 heteroatoms. The van der Waals surface area contributed by atoms with Gasteiger partial charge in [0.2, 0.25) is 5.91 Å². The topological polar surface area (TPSA) is 92.8 Å². The molecule has 2 atom stereocenters. The van der Waals surface area contributed by atoms with Crippen molar-refractivity contribution in [2.24, 2.45) is 18.4 Å². The summed E-state index contributed by atoms with van der Waals surface area (Å²) in [6, 6.07) is 9.96. The molecule has 0 aliphatic heterocycles. The summed E-state index contributed by atoms with van der Waals surface area (Å²) in [6.07, 6.45) is 3.78. The zero-order chi connectivity index (χ0) is 26.7. The number of nitrogens with zero attached hydrogens (tertiary/aromatic N) is 4. The Morgan fingerprint density at radius 1 is 1.38 bits per heavy atom. The highest BCUT2D eigenvalue weighted by molar-refractivity contribution is 9.10. The number of anilines is 1. The Kier molecular flexibility index (Phi) is 8.66. The van der Waals surface area contributed by atoms with Crippen molar-refractivity contribution in [1.29, 1.82) is 5.26 Å². The minimum absolute atomic E-state index is 0.158. The monoisotopic (exact) mass is 601 g/mol. The Balaban J connectivity index is 1.38. The third-order valence-electron chi connectivity index (χ3n) is 7.34. The smallest absolute Gasteiger partial charge is 0.235 e. The minimum atomic E-state index is -0.306. The van der Waals surface area contributed by atoms with Crippen molar-refractivity contribution in [2.45, 2.75) is 64.6 Å². The van der Waals surface area contributed by atoms with Gasteiger partial charge in [0.25, 0.3) is 0 Å². The van der Waals surface area contributed by atoms with E-state index in [9.17, 15) is 10.1 Å². The molecular weight excluding hydrogens is 570 g/mol. The SMILES string of the molecule is CCC(C)(C)C1CCc2c(sc(NC(=O)CSc3nnc(C(C)Oc4ccc(Br)cc4)n3C)c2C#N)C1. The number of halogens is 1. The van der Waals surface area contributed by atoms with E-state index in [-0.39, 0.29) is 23.2 Å². The van der Waals surface area contributed by atoms with Gasteiger partial charge in [-0.3, -0.25) is 4.79 Å². The lowest BCUT2D eigenvalue weighted by Crippen LogP contribution is -2.28. The third-order valence-corrected chi connectivity index (χ3v) is 10.1. The summed E-state index contributed by atoms with van der Waals surface area (Å²) < 4.78 is 8.83. The van der Waals surface area contributed by atoms with Crippen molar-refractivity contribution in [3.8, 4) is 11.8 Å². The van der Waals surface area contributed by atoms with Crippen LogP contribution in [0.3, 0.4) is 0 Å². The second kappa shape index (κ2) is 11.6. The van der Waals surface area contributed by atoms with E-state index >= 15 is 0 Å². The number of hydrogen-bond donors (Lipinski definition) is 1. The summed E-state index contributed by atoms with van der Waals surface area (Å²) in [5.74, 6) is 2.02. The molecule has 1 aromatic carbocycles. The number of thiophene rings is 1. The van der Waals surface area contributed by atoms with Crippen molar-refractivity contribution in [3.05, 3.63) is 50.6 Å². The quantitative estimate of drug-likeness (QED) is 0.267. The van der Waals surface area contributed by atoms with Crippen molar-refractivity contribution in [2.75, 3.05) is 11.1 Å². The molecule has 0 bridgehead atoms. The van der Waals surface area contributed by atoms with Gasteiger partial charge in [0.05, 0.1) is 11.3 Å². The zero-order valence-electron chi connectivity index (χ0n) is 21.8. The fourth-order valence-corrected chi connectivity index (χ4v) is 6.89. The summed E-state index contributed by atoms with van der Waals surface area (Å²) in [5.41, 5.74) is 2.02. The number of thioether (sulfide) groups is 1. The van der Waals surface area contributed by atoms with Crippen molar-refractivity contribution >= 4 is 49.9 Å². The van der Waals surface area contributed by atoms with E-state index in [1.54, 1.807) is 11.3 Å². The number of ether oxygens (including phenoxy) is 1. The van der Waals surface area contributed by atoms with Crippen molar-refractivity contribution < 1.29 is 9.53 Å². The predicted molar refractivity (Wildman–Crippen MR) is 152 cm³/mol. The molecule has 1 aliphatic carbocycles. The summed E-state index contributed by atoms with van der Waals surface area (Å²) in [4.78, 5) is 14.1. The van der Waals surface area contributed by atoms with E-state index in [0.29, 0.717) is 27.5 Å². The lowest BCUT2D eigenvalue weighted by atomic mass is 9.69. The summed E-state index contributed by atoms with van der Waals surface area (Å²) >= 11 is 6.30. The molecule has 4 rings (SSSR count). The standard InChI is InChI=1S/C27H32BrN5O2S2/c1-6-27(3,4)17-7-12-20-21(14-29)25(37-22(20)13-17)30-23(34)15-36-26-32-31-24(33(26)5)16(2)35-19-10-8-18(28)9-11-19/h8-11,16-17H,6-7,12-13,15H2,1-5H3,(H,30,34). The van der Waals surface area contributed by atoms with E-state index in [4.69, 9.17) is 4.74 Å². The number of amides is 1. The van der Waals surface area contributed by atoms with E-state index in [1.165, 1.54) is 16.6 Å². The first-order valence-electron chi connectivity index (χ1n) is 12.4. The van der Waals surface area contributed by atoms with Crippen LogP contribution in [0.1, 0.15) is 68.5 Å². The van der Waals surface area contributed by atoms with Gasteiger partial charge in [0.1, 0.15) is 16.8 Å².